The van der Waals surface area contributed by atoms with E-state index in [1.165, 1.54) is 0 Å². The predicted molar refractivity (Wildman–Crippen MR) is 140 cm³/mol. The summed E-state index contributed by atoms with van der Waals surface area (Å²) in [6, 6.07) is 6.56. The largest absolute Gasteiger partial charge is 0.459 e. The molecule has 1 fully saturated rings. The molecule has 0 bridgehead atoms. The Morgan fingerprint density at radius 1 is 1.06 bits per heavy atom. The third-order valence-corrected chi connectivity index (χ3v) is 7.15. The minimum Gasteiger partial charge on any atom is -0.459 e. The highest BCUT2D eigenvalue weighted by molar-refractivity contribution is 7.87. The molecule has 1 aliphatic rings. The number of unbranched alkanes of at least 4 members (excludes halogenated alkanes) is 1. The molecule has 0 aliphatic carbocycles. The van der Waals surface area contributed by atoms with Crippen molar-refractivity contribution in [3.05, 3.63) is 34.9 Å². The summed E-state index contributed by atoms with van der Waals surface area (Å²) in [5.74, 6) is -0.271. The molecule has 1 aromatic rings. The number of halogens is 1. The Balaban J connectivity index is 2.01. The molecule has 1 heterocycles. The standard InChI is InChI=1S/C25H40ClN3O6S/c1-23(2,3)34-21(30)25(15-9-16-27-25)14-7-8-17-28-36(32,33)29(22(31)35-24(4,5)6)18-19-10-12-20(26)13-11-19/h10-13,27-28H,7-9,14-18H2,1-6H3/t25-/m0/s1. The maximum Gasteiger partial charge on any atom is 0.425 e. The van der Waals surface area contributed by atoms with Crippen molar-refractivity contribution in [2.45, 2.75) is 96.9 Å². The number of carbonyl (C=O) groups is 2. The lowest BCUT2D eigenvalue weighted by molar-refractivity contribution is -0.163. The van der Waals surface area contributed by atoms with Gasteiger partial charge in [-0.1, -0.05) is 23.7 Å². The summed E-state index contributed by atoms with van der Waals surface area (Å²) in [6.45, 7) is 11.2. The van der Waals surface area contributed by atoms with Gasteiger partial charge in [0.15, 0.2) is 0 Å². The summed E-state index contributed by atoms with van der Waals surface area (Å²) < 4.78 is 40.3. The summed E-state index contributed by atoms with van der Waals surface area (Å²) in [7, 11) is -4.19. The summed E-state index contributed by atoms with van der Waals surface area (Å²) in [4.78, 5) is 25.6. The fourth-order valence-electron chi connectivity index (χ4n) is 3.82. The number of nitrogens with one attached hydrogen (secondary N) is 2. The van der Waals surface area contributed by atoms with Crippen LogP contribution < -0.4 is 10.0 Å². The minimum absolute atomic E-state index is 0.104. The molecule has 1 aliphatic heterocycles. The minimum atomic E-state index is -4.19. The van der Waals surface area contributed by atoms with Gasteiger partial charge < -0.3 is 14.8 Å². The van der Waals surface area contributed by atoms with Crippen LogP contribution in [0.5, 0.6) is 0 Å². The summed E-state index contributed by atoms with van der Waals surface area (Å²) in [5, 5.41) is 3.80. The van der Waals surface area contributed by atoms with E-state index in [2.05, 4.69) is 10.0 Å². The number of ether oxygens (including phenoxy) is 2. The Bertz CT molecular complexity index is 994. The van der Waals surface area contributed by atoms with Crippen LogP contribution in [0.2, 0.25) is 5.02 Å². The topological polar surface area (TPSA) is 114 Å². The molecule has 9 nitrogen and oxygen atoms in total. The van der Waals surface area contributed by atoms with E-state index < -0.39 is 33.0 Å². The first-order chi connectivity index (χ1) is 16.5. The van der Waals surface area contributed by atoms with Gasteiger partial charge in [0.2, 0.25) is 0 Å². The van der Waals surface area contributed by atoms with Gasteiger partial charge in [0, 0.05) is 11.6 Å². The van der Waals surface area contributed by atoms with Gasteiger partial charge in [0.1, 0.15) is 16.7 Å². The van der Waals surface area contributed by atoms with E-state index >= 15 is 0 Å². The van der Waals surface area contributed by atoms with Gasteiger partial charge >= 0.3 is 22.3 Å². The molecule has 204 valence electrons. The van der Waals surface area contributed by atoms with E-state index in [1.54, 1.807) is 45.0 Å². The lowest BCUT2D eigenvalue weighted by Crippen LogP contribution is -2.50. The van der Waals surface area contributed by atoms with E-state index in [-0.39, 0.29) is 19.1 Å². The van der Waals surface area contributed by atoms with E-state index in [0.717, 1.165) is 13.0 Å². The Labute approximate surface area is 220 Å². The Kier molecular flexibility index (Phi) is 10.2. The Morgan fingerprint density at radius 2 is 1.67 bits per heavy atom. The van der Waals surface area contributed by atoms with Crippen molar-refractivity contribution in [3.63, 3.8) is 0 Å². The lowest BCUT2D eigenvalue weighted by atomic mass is 9.90. The van der Waals surface area contributed by atoms with E-state index in [1.807, 2.05) is 20.8 Å². The van der Waals surface area contributed by atoms with E-state index in [0.29, 0.717) is 40.6 Å². The number of benzene rings is 1. The number of carbonyl (C=O) groups excluding carboxylic acids is 2. The number of amides is 1. The summed E-state index contributed by atoms with van der Waals surface area (Å²) in [5.41, 5.74) is -1.61. The van der Waals surface area contributed by atoms with Crippen LogP contribution in [0, 0.1) is 0 Å². The molecule has 1 amide bonds. The summed E-state index contributed by atoms with van der Waals surface area (Å²) >= 11 is 5.92. The van der Waals surface area contributed by atoms with Crippen molar-refractivity contribution in [2.24, 2.45) is 0 Å². The van der Waals surface area contributed by atoms with Crippen molar-refractivity contribution < 1.29 is 27.5 Å². The van der Waals surface area contributed by atoms with E-state index in [9.17, 15) is 18.0 Å². The predicted octanol–water partition coefficient (Wildman–Crippen LogP) is 4.55. The van der Waals surface area contributed by atoms with Crippen LogP contribution in [0.4, 0.5) is 4.79 Å². The Hall–Kier alpha value is -1.88. The molecule has 2 rings (SSSR count). The molecule has 0 spiro atoms. The molecule has 0 saturated carbocycles. The fraction of sp³-hybridized carbons (Fsp3) is 0.680. The molecule has 11 heteroatoms. The molecular weight excluding hydrogens is 506 g/mol. The second-order valence-electron chi connectivity index (χ2n) is 11.1. The van der Waals surface area contributed by atoms with Crippen molar-refractivity contribution in [1.29, 1.82) is 0 Å². The SMILES string of the molecule is CC(C)(C)OC(=O)N(Cc1ccc(Cl)cc1)S(=O)(=O)NCCCC[C@@]1(C(=O)OC(C)(C)C)CCCN1. The van der Waals surface area contributed by atoms with Crippen molar-refractivity contribution >= 4 is 33.9 Å². The number of hydrogen-bond donors (Lipinski definition) is 2. The molecule has 0 aromatic heterocycles. The third kappa shape index (κ3) is 9.53. The van der Waals surface area contributed by atoms with Crippen LogP contribution >= 0.6 is 11.6 Å². The van der Waals surface area contributed by atoms with E-state index in [4.69, 9.17) is 21.1 Å². The van der Waals surface area contributed by atoms with Gasteiger partial charge in [0.25, 0.3) is 0 Å². The zero-order valence-electron chi connectivity index (χ0n) is 22.1. The average Bonchev–Trinajstić information content (AvgIpc) is 3.20. The second kappa shape index (κ2) is 12.1. The normalized spacial score (nSPS) is 18.6. The molecule has 36 heavy (non-hydrogen) atoms. The zero-order chi connectivity index (χ0) is 27.2. The summed E-state index contributed by atoms with van der Waals surface area (Å²) in [6.07, 6.45) is 2.20. The van der Waals surface area contributed by atoms with Gasteiger partial charge in [-0.3, -0.25) is 4.79 Å². The van der Waals surface area contributed by atoms with Crippen molar-refractivity contribution in [1.82, 2.24) is 14.3 Å². The van der Waals surface area contributed by atoms with Crippen molar-refractivity contribution in [3.8, 4) is 0 Å². The second-order valence-corrected chi connectivity index (χ2v) is 13.2. The Morgan fingerprint density at radius 3 is 2.19 bits per heavy atom. The van der Waals surface area contributed by atoms with Gasteiger partial charge in [0.05, 0.1) is 6.54 Å². The smallest absolute Gasteiger partial charge is 0.425 e. The highest BCUT2D eigenvalue weighted by atomic mass is 35.5. The first-order valence-corrected chi connectivity index (χ1v) is 14.1. The van der Waals surface area contributed by atoms with Crippen LogP contribution in [-0.2, 0) is 31.0 Å². The van der Waals surface area contributed by atoms with Crippen LogP contribution in [0.1, 0.15) is 79.2 Å². The van der Waals surface area contributed by atoms with Crippen LogP contribution in [0.15, 0.2) is 24.3 Å². The average molecular weight is 546 g/mol. The molecule has 1 aromatic carbocycles. The molecule has 1 atom stereocenters. The third-order valence-electron chi connectivity index (χ3n) is 5.47. The molecule has 0 radical (unpaired) electrons. The van der Waals surface area contributed by atoms with Gasteiger partial charge in [-0.15, -0.1) is 0 Å². The molecule has 2 N–H and O–H groups in total. The van der Waals surface area contributed by atoms with Crippen LogP contribution in [0.3, 0.4) is 0 Å². The van der Waals surface area contributed by atoms with Crippen molar-refractivity contribution in [2.75, 3.05) is 13.1 Å². The van der Waals surface area contributed by atoms with Gasteiger partial charge in [-0.2, -0.15) is 17.4 Å². The maximum absolute atomic E-state index is 13.1. The monoisotopic (exact) mass is 545 g/mol. The van der Waals surface area contributed by atoms with Crippen LogP contribution in [-0.4, -0.2) is 54.6 Å². The molecule has 1 saturated heterocycles. The van der Waals surface area contributed by atoms with Gasteiger partial charge in [-0.05, 0) is 97.9 Å². The first kappa shape index (κ1) is 30.3. The number of nitrogens with zero attached hydrogens (tertiary/aromatic N) is 1. The maximum atomic E-state index is 13.1. The first-order valence-electron chi connectivity index (χ1n) is 12.3. The molecular formula is C25H40ClN3O6S. The molecule has 0 unspecified atom stereocenters. The fourth-order valence-corrected chi connectivity index (χ4v) is 5.06. The van der Waals surface area contributed by atoms with Crippen LogP contribution in [0.25, 0.3) is 0 Å². The highest BCUT2D eigenvalue weighted by Crippen LogP contribution is 2.29. The lowest BCUT2D eigenvalue weighted by Gasteiger charge is -2.31. The number of rotatable bonds is 10. The number of esters is 1. The zero-order valence-corrected chi connectivity index (χ0v) is 23.7. The highest BCUT2D eigenvalue weighted by Gasteiger charge is 2.43. The van der Waals surface area contributed by atoms with Gasteiger partial charge in [-0.25, -0.2) is 4.79 Å². The quantitative estimate of drug-likeness (QED) is 0.327. The number of hydrogen-bond acceptors (Lipinski definition) is 7.